The molecule has 2 aromatic carbocycles. The first-order chi connectivity index (χ1) is 14.6. The summed E-state index contributed by atoms with van der Waals surface area (Å²) < 4.78 is 37.8. The molecule has 2 heterocycles. The van der Waals surface area contributed by atoms with Crippen LogP contribution in [0.25, 0.3) is 0 Å². The lowest BCUT2D eigenvalue weighted by atomic mass is 9.85. The van der Waals surface area contributed by atoms with Crippen LogP contribution in [0.3, 0.4) is 0 Å². The number of anilines is 2. The Hall–Kier alpha value is -2.69. The Balaban J connectivity index is 1.68. The topological polar surface area (TPSA) is 77.1 Å². The zero-order valence-corrected chi connectivity index (χ0v) is 18.0. The van der Waals surface area contributed by atoms with Gasteiger partial charge < -0.3 is 4.74 Å². The zero-order valence-electron chi connectivity index (χ0n) is 17.2. The van der Waals surface area contributed by atoms with Gasteiger partial charge in [-0.2, -0.15) is 13.1 Å². The van der Waals surface area contributed by atoms with Crippen molar-refractivity contribution in [3.8, 4) is 5.75 Å². The number of carbonyl (C=O) groups excluding carboxylic acids is 2. The van der Waals surface area contributed by atoms with Crippen molar-refractivity contribution in [1.29, 1.82) is 0 Å². The van der Waals surface area contributed by atoms with E-state index < -0.39 is 22.5 Å². The summed E-state index contributed by atoms with van der Waals surface area (Å²) in [5, 5.41) is 0. The summed E-state index contributed by atoms with van der Waals surface area (Å²) >= 11 is 0. The van der Waals surface area contributed by atoms with Gasteiger partial charge in [0.1, 0.15) is 5.75 Å². The van der Waals surface area contributed by atoms with Crippen molar-refractivity contribution < 1.29 is 32.3 Å². The fraction of sp³-hybridized carbons (Fsp3) is 0.333. The molecule has 0 saturated carbocycles. The summed E-state index contributed by atoms with van der Waals surface area (Å²) in [5.41, 5.74) is 1.12. The summed E-state index contributed by atoms with van der Waals surface area (Å²) in [6, 6.07) is 10.9. The average molecular weight is 452 g/mol. The minimum Gasteiger partial charge on any atom is -0.435 e. The second-order valence-electron chi connectivity index (χ2n) is 7.90. The van der Waals surface area contributed by atoms with E-state index in [2.05, 4.69) is 9.46 Å². The van der Waals surface area contributed by atoms with Crippen LogP contribution in [0.4, 0.5) is 20.2 Å². The Morgan fingerprint density at radius 3 is 2.71 bits per heavy atom. The second-order valence-corrected chi connectivity index (χ2v) is 10.7. The van der Waals surface area contributed by atoms with Gasteiger partial charge in [0, 0.05) is 23.6 Å². The Kier molecular flexibility index (Phi) is 5.40. The first-order valence-electron chi connectivity index (χ1n) is 9.54. The van der Waals surface area contributed by atoms with E-state index in [9.17, 15) is 18.4 Å². The van der Waals surface area contributed by atoms with Gasteiger partial charge in [-0.3, -0.25) is 19.2 Å². The van der Waals surface area contributed by atoms with Crippen LogP contribution >= 0.6 is 10.5 Å². The highest BCUT2D eigenvalue weighted by atomic mass is 32.3. The number of fused-ring (bicyclic) bond motifs is 1. The molecular formula is C21H22F2N2O5S. The summed E-state index contributed by atoms with van der Waals surface area (Å²) in [5.74, 6) is -0.00453. The van der Waals surface area contributed by atoms with Gasteiger partial charge in [-0.05, 0) is 60.2 Å². The largest absolute Gasteiger partial charge is 0.435 e. The highest BCUT2D eigenvalue weighted by Crippen LogP contribution is 2.47. The van der Waals surface area contributed by atoms with Crippen LogP contribution in [0, 0.1) is 0 Å². The van der Waals surface area contributed by atoms with E-state index in [1.165, 1.54) is 17.0 Å². The molecule has 0 aliphatic carbocycles. The van der Waals surface area contributed by atoms with Gasteiger partial charge in [0.25, 0.3) is 5.91 Å². The van der Waals surface area contributed by atoms with Crippen LogP contribution in [-0.4, -0.2) is 37.0 Å². The van der Waals surface area contributed by atoms with E-state index in [-0.39, 0.29) is 17.6 Å². The number of ether oxygens (including phenoxy) is 1. The number of hydrogen-bond donors (Lipinski definition) is 1. The van der Waals surface area contributed by atoms with E-state index in [0.717, 1.165) is 0 Å². The van der Waals surface area contributed by atoms with Gasteiger partial charge >= 0.3 is 6.61 Å². The van der Waals surface area contributed by atoms with Crippen molar-refractivity contribution in [1.82, 2.24) is 4.72 Å². The maximum absolute atomic E-state index is 13.2. The Morgan fingerprint density at radius 2 is 2.03 bits per heavy atom. The van der Waals surface area contributed by atoms with Crippen molar-refractivity contribution in [3.63, 3.8) is 0 Å². The molecular weight excluding hydrogens is 430 g/mol. The van der Waals surface area contributed by atoms with Crippen molar-refractivity contribution in [2.45, 2.75) is 25.9 Å². The quantitative estimate of drug-likeness (QED) is 0.688. The molecule has 2 aromatic rings. The molecule has 0 spiro atoms. The molecule has 166 valence electrons. The lowest BCUT2D eigenvalue weighted by Crippen LogP contribution is -2.33. The maximum atomic E-state index is 13.2. The molecule has 7 nitrogen and oxygen atoms in total. The standard InChI is InChI=1S/C21H22F2N2O5S/c1-21(2)16-11-13(18(26)24-31(3)10-9-28-30-31)7-8-17(16)25(19(21)27)14-5-4-6-15(12-14)29-20(22)23/h4-8,11-12,20H,9-10H2,1-3H3,(H,24,26). The number of halogens is 2. The Labute approximate surface area is 179 Å². The number of benzene rings is 2. The molecule has 0 radical (unpaired) electrons. The molecule has 2 aliphatic rings. The second kappa shape index (κ2) is 7.77. The third-order valence-electron chi connectivity index (χ3n) is 5.27. The predicted molar refractivity (Wildman–Crippen MR) is 113 cm³/mol. The number of rotatable bonds is 5. The molecule has 0 aromatic heterocycles. The Bertz CT molecular complexity index is 1040. The minimum absolute atomic E-state index is 0.0439. The molecule has 31 heavy (non-hydrogen) atoms. The molecule has 10 heteroatoms. The molecule has 4 rings (SSSR count). The van der Waals surface area contributed by atoms with Gasteiger partial charge in [-0.1, -0.05) is 6.07 Å². The minimum atomic E-state index is -2.97. The van der Waals surface area contributed by atoms with E-state index in [1.54, 1.807) is 50.4 Å². The molecule has 1 atom stereocenters. The van der Waals surface area contributed by atoms with Gasteiger partial charge in [-0.15, -0.1) is 0 Å². The fourth-order valence-corrected chi connectivity index (χ4v) is 5.00. The number of hydrogen-bond acceptors (Lipinski definition) is 5. The van der Waals surface area contributed by atoms with Crippen molar-refractivity contribution in [2.24, 2.45) is 0 Å². The SMILES string of the molecule is CC1(C)C(=O)N(c2cccc(OC(F)F)c2)c2ccc(C(=O)NS3(C)CCOO3)cc21. The van der Waals surface area contributed by atoms with Gasteiger partial charge in [-0.25, -0.2) is 4.89 Å². The highest BCUT2D eigenvalue weighted by Gasteiger charge is 2.45. The summed E-state index contributed by atoms with van der Waals surface area (Å²) in [6.45, 7) is 0.972. The number of alkyl halides is 2. The molecule has 1 unspecified atom stereocenters. The number of nitrogens with zero attached hydrogens (tertiary/aromatic N) is 1. The van der Waals surface area contributed by atoms with E-state index >= 15 is 0 Å². The molecule has 2 amide bonds. The van der Waals surface area contributed by atoms with E-state index in [1.807, 2.05) is 0 Å². The third kappa shape index (κ3) is 3.98. The number of carbonyl (C=O) groups is 2. The van der Waals surface area contributed by atoms with Gasteiger partial charge in [0.2, 0.25) is 5.91 Å². The predicted octanol–water partition coefficient (Wildman–Crippen LogP) is 4.20. The lowest BCUT2D eigenvalue weighted by molar-refractivity contribution is -0.173. The smallest absolute Gasteiger partial charge is 0.387 e. The number of nitrogens with one attached hydrogen (secondary N) is 1. The Morgan fingerprint density at radius 1 is 1.26 bits per heavy atom. The normalized spacial score (nSPS) is 24.1. The summed E-state index contributed by atoms with van der Waals surface area (Å²) in [4.78, 5) is 32.4. The number of amides is 2. The van der Waals surface area contributed by atoms with Crippen LogP contribution in [-0.2, 0) is 19.4 Å². The first kappa shape index (κ1) is 21.5. The van der Waals surface area contributed by atoms with E-state index in [4.69, 9.17) is 9.22 Å². The molecule has 1 saturated heterocycles. The summed E-state index contributed by atoms with van der Waals surface area (Å²) in [7, 11) is -1.85. The van der Waals surface area contributed by atoms with Gasteiger partial charge in [0.05, 0.1) is 23.4 Å². The lowest BCUT2D eigenvalue weighted by Gasteiger charge is -2.27. The van der Waals surface area contributed by atoms with Crippen molar-refractivity contribution in [2.75, 3.05) is 23.5 Å². The molecule has 1 N–H and O–H groups in total. The van der Waals surface area contributed by atoms with Crippen LogP contribution in [0.2, 0.25) is 0 Å². The van der Waals surface area contributed by atoms with Crippen LogP contribution < -0.4 is 14.4 Å². The van der Waals surface area contributed by atoms with Crippen molar-refractivity contribution >= 4 is 33.7 Å². The molecule has 2 aliphatic heterocycles. The third-order valence-corrected chi connectivity index (χ3v) is 7.23. The molecule has 1 fully saturated rings. The maximum Gasteiger partial charge on any atom is 0.387 e. The first-order valence-corrected chi connectivity index (χ1v) is 11.7. The average Bonchev–Trinajstić information content (AvgIpc) is 3.21. The van der Waals surface area contributed by atoms with Gasteiger partial charge in [0.15, 0.2) is 0 Å². The highest BCUT2D eigenvalue weighted by molar-refractivity contribution is 8.28. The summed E-state index contributed by atoms with van der Waals surface area (Å²) in [6.07, 6.45) is 1.80. The van der Waals surface area contributed by atoms with Crippen LogP contribution in [0.5, 0.6) is 5.75 Å². The van der Waals surface area contributed by atoms with Crippen molar-refractivity contribution in [3.05, 3.63) is 53.6 Å². The monoisotopic (exact) mass is 452 g/mol. The van der Waals surface area contributed by atoms with E-state index in [0.29, 0.717) is 34.9 Å². The molecule has 0 bridgehead atoms. The van der Waals surface area contributed by atoms with Crippen LogP contribution in [0.1, 0.15) is 29.8 Å². The van der Waals surface area contributed by atoms with Crippen LogP contribution in [0.15, 0.2) is 42.5 Å². The fourth-order valence-electron chi connectivity index (χ4n) is 3.62. The zero-order chi connectivity index (χ0) is 22.4.